The minimum Gasteiger partial charge on any atom is -0.616 e. The lowest BCUT2D eigenvalue weighted by Crippen LogP contribution is -2.41. The molecule has 0 heterocycles. The summed E-state index contributed by atoms with van der Waals surface area (Å²) in [4.78, 5) is 0. The van der Waals surface area contributed by atoms with Gasteiger partial charge in [0.1, 0.15) is 11.5 Å². The van der Waals surface area contributed by atoms with Crippen LogP contribution in [0.2, 0.25) is 0 Å². The zero-order chi connectivity index (χ0) is 28.8. The quantitative estimate of drug-likeness (QED) is 0.116. The summed E-state index contributed by atoms with van der Waals surface area (Å²) in [7, 11) is 0. The van der Waals surface area contributed by atoms with Gasteiger partial charge in [0.25, 0.3) is 0 Å². The van der Waals surface area contributed by atoms with Crippen molar-refractivity contribution in [1.29, 1.82) is 0 Å². The molecule has 1 nitrogen and oxygen atoms in total. The van der Waals surface area contributed by atoms with Crippen molar-refractivity contribution >= 4 is 11.2 Å². The summed E-state index contributed by atoms with van der Waals surface area (Å²) >= 11 is -1.34. The molecule has 0 aliphatic heterocycles. The molecule has 4 rings (SSSR count). The van der Waals surface area contributed by atoms with E-state index >= 15 is 0 Å². The van der Waals surface area contributed by atoms with Gasteiger partial charge in [-0.1, -0.05) is 80.4 Å². The van der Waals surface area contributed by atoms with Gasteiger partial charge in [-0.15, -0.1) is 0 Å². The van der Waals surface area contributed by atoms with Crippen LogP contribution in [0.15, 0.2) is 24.3 Å². The van der Waals surface area contributed by atoms with Gasteiger partial charge in [-0.25, -0.2) is 0 Å². The van der Waals surface area contributed by atoms with Crippen LogP contribution >= 0.6 is 0 Å². The first-order valence-corrected chi connectivity index (χ1v) is 16.8. The van der Waals surface area contributed by atoms with Crippen LogP contribution < -0.4 is 0 Å². The van der Waals surface area contributed by atoms with Gasteiger partial charge in [0, 0.05) is 7.79 Å². The minimum atomic E-state index is -5.53. The first kappa shape index (κ1) is 29.7. The largest absolute Gasteiger partial charge is 0.616 e. The van der Waals surface area contributed by atoms with Gasteiger partial charge in [-0.3, -0.25) is 0 Å². The summed E-state index contributed by atoms with van der Waals surface area (Å²) in [6, 6.07) is 9.05. The molecule has 0 aromatic heterocycles. The molecule has 0 bridgehead atoms. The fourth-order valence-corrected chi connectivity index (χ4v) is 9.16. The lowest BCUT2D eigenvalue weighted by molar-refractivity contribution is -0.284. The summed E-state index contributed by atoms with van der Waals surface area (Å²) in [5, 5.41) is 0. The molecule has 0 radical (unpaired) electrons. The highest BCUT2D eigenvalue weighted by Crippen LogP contribution is 2.62. The SMILES string of the molecule is [2H]C(CCCCCCCCC[S+]([O-])CCCC(F)(F)C(F)(F)F)[C@@]12CCC[C@H]1[C@@H]1CCc3ccccc3[C@H]1CC2. The van der Waals surface area contributed by atoms with E-state index in [0.717, 1.165) is 50.9 Å². The molecule has 6 atom stereocenters. The zero-order valence-electron chi connectivity index (χ0n) is 24.3. The van der Waals surface area contributed by atoms with E-state index in [2.05, 4.69) is 24.3 Å². The Morgan fingerprint density at radius 3 is 2.26 bits per heavy atom. The highest BCUT2D eigenvalue weighted by Gasteiger charge is 2.56. The number of rotatable bonds is 15. The Morgan fingerprint density at radius 2 is 1.51 bits per heavy atom. The second kappa shape index (κ2) is 13.9. The summed E-state index contributed by atoms with van der Waals surface area (Å²) in [5.41, 5.74) is 3.38. The fourth-order valence-electron chi connectivity index (χ4n) is 7.96. The van der Waals surface area contributed by atoms with Crippen molar-refractivity contribution < 1.29 is 27.9 Å². The Labute approximate surface area is 236 Å². The Morgan fingerprint density at radius 1 is 0.846 bits per heavy atom. The molecule has 2 unspecified atom stereocenters. The maximum Gasteiger partial charge on any atom is 0.453 e. The average Bonchev–Trinajstić information content (AvgIpc) is 3.37. The van der Waals surface area contributed by atoms with E-state index in [1.54, 1.807) is 11.1 Å². The van der Waals surface area contributed by atoms with Crippen LogP contribution in [0.5, 0.6) is 0 Å². The summed E-state index contributed by atoms with van der Waals surface area (Å²) in [5.74, 6) is -2.25. The van der Waals surface area contributed by atoms with Gasteiger partial charge in [-0.05, 0) is 98.5 Å². The van der Waals surface area contributed by atoms with Crippen molar-refractivity contribution in [2.45, 2.75) is 134 Å². The van der Waals surface area contributed by atoms with Crippen LogP contribution in [0.1, 0.15) is 128 Å². The number of benzene rings is 1. The molecule has 222 valence electrons. The van der Waals surface area contributed by atoms with Gasteiger partial charge in [0.15, 0.2) is 0 Å². The molecule has 0 saturated heterocycles. The molecule has 1 aromatic carbocycles. The van der Waals surface area contributed by atoms with Crippen LogP contribution in [-0.4, -0.2) is 28.2 Å². The predicted octanol–water partition coefficient (Wildman–Crippen LogP) is 10.2. The van der Waals surface area contributed by atoms with E-state index in [9.17, 15) is 27.9 Å². The molecule has 0 spiro atoms. The Kier molecular flexibility index (Phi) is 10.6. The third-order valence-electron chi connectivity index (χ3n) is 9.96. The first-order chi connectivity index (χ1) is 19.1. The van der Waals surface area contributed by atoms with E-state index in [4.69, 9.17) is 0 Å². The van der Waals surface area contributed by atoms with Crippen molar-refractivity contribution in [3.8, 4) is 0 Å². The molecule has 39 heavy (non-hydrogen) atoms. The van der Waals surface area contributed by atoms with Gasteiger partial charge in [0.2, 0.25) is 0 Å². The number of fused-ring (bicyclic) bond motifs is 5. The molecular weight excluding hydrogens is 527 g/mol. The standard InChI is InChI=1S/C32H47F5OS/c33-31(34,32(35,36)37)21-12-24-39(38)23-10-6-4-2-1-3-5-9-19-30-20-11-15-29(30)28-17-16-25-13-7-8-14-26(25)27(28)18-22-30/h7-8,13-14,27-29H,1-6,9-12,15-24H2/t27-,28-,29+,30+,39?/m1/s1/i19D/t19?,27-,28-,29+,30+,39?. The first-order valence-electron chi connectivity index (χ1n) is 15.9. The third kappa shape index (κ3) is 7.93. The lowest BCUT2D eigenvalue weighted by atomic mass is 9.54. The van der Waals surface area contributed by atoms with Crippen LogP contribution in [0.3, 0.4) is 0 Å². The highest BCUT2D eigenvalue weighted by molar-refractivity contribution is 7.91. The van der Waals surface area contributed by atoms with Crippen LogP contribution in [0.4, 0.5) is 22.0 Å². The smallest absolute Gasteiger partial charge is 0.453 e. The van der Waals surface area contributed by atoms with Gasteiger partial charge in [0.05, 0.1) is 0 Å². The topological polar surface area (TPSA) is 23.1 Å². The van der Waals surface area contributed by atoms with Crippen LogP contribution in [0.25, 0.3) is 0 Å². The molecule has 3 aliphatic rings. The van der Waals surface area contributed by atoms with E-state index < -0.39 is 29.7 Å². The number of alkyl halides is 5. The molecule has 0 N–H and O–H groups in total. The minimum absolute atomic E-state index is 0.0455. The summed E-state index contributed by atoms with van der Waals surface area (Å²) in [6.45, 7) is 0. The van der Waals surface area contributed by atoms with Crippen molar-refractivity contribution in [3.63, 3.8) is 0 Å². The van der Waals surface area contributed by atoms with Crippen molar-refractivity contribution in [3.05, 3.63) is 35.4 Å². The van der Waals surface area contributed by atoms with E-state index in [-0.39, 0.29) is 24.0 Å². The molecule has 1 aromatic rings. The Balaban J connectivity index is 1.07. The zero-order valence-corrected chi connectivity index (χ0v) is 24.1. The molecular formula is C32H47F5OS. The monoisotopic (exact) mass is 575 g/mol. The maximum atomic E-state index is 12.9. The number of unbranched alkanes of at least 4 members (excludes halogenated alkanes) is 6. The summed E-state index contributed by atoms with van der Waals surface area (Å²) < 4.78 is 83.6. The van der Waals surface area contributed by atoms with Crippen molar-refractivity contribution in [2.75, 3.05) is 11.5 Å². The Hall–Kier alpha value is -0.820. The predicted molar refractivity (Wildman–Crippen MR) is 150 cm³/mol. The molecule has 3 aliphatic carbocycles. The van der Waals surface area contributed by atoms with Crippen molar-refractivity contribution in [1.82, 2.24) is 0 Å². The number of aryl methyl sites for hydroxylation is 1. The molecule has 2 fully saturated rings. The van der Waals surface area contributed by atoms with Gasteiger partial charge < -0.3 is 4.55 Å². The van der Waals surface area contributed by atoms with Crippen LogP contribution in [-0.2, 0) is 17.6 Å². The second-order valence-electron chi connectivity index (χ2n) is 12.4. The van der Waals surface area contributed by atoms with E-state index in [1.165, 1.54) is 44.9 Å². The second-order valence-corrected chi connectivity index (χ2v) is 14.1. The number of halogens is 5. The summed E-state index contributed by atoms with van der Waals surface area (Å²) in [6.07, 6.45) is 9.72. The average molecular weight is 576 g/mol. The maximum absolute atomic E-state index is 12.9. The third-order valence-corrected chi connectivity index (χ3v) is 11.4. The van der Waals surface area contributed by atoms with Gasteiger partial charge >= 0.3 is 12.1 Å². The van der Waals surface area contributed by atoms with Crippen molar-refractivity contribution in [2.24, 2.45) is 17.3 Å². The lowest BCUT2D eigenvalue weighted by Gasteiger charge is -2.51. The number of hydrogen-bond acceptors (Lipinski definition) is 1. The molecule has 7 heteroatoms. The molecule has 2 saturated carbocycles. The van der Waals surface area contributed by atoms with Gasteiger partial charge in [-0.2, -0.15) is 22.0 Å². The molecule has 0 amide bonds. The van der Waals surface area contributed by atoms with E-state index in [0.29, 0.717) is 24.0 Å². The van der Waals surface area contributed by atoms with E-state index in [1.807, 2.05) is 0 Å². The normalized spacial score (nSPS) is 28.8. The highest BCUT2D eigenvalue weighted by atomic mass is 32.2. The fraction of sp³-hybridized carbons (Fsp3) is 0.812. The van der Waals surface area contributed by atoms with Crippen LogP contribution in [0, 0.1) is 17.3 Å². The Bertz CT molecular complexity index is 927. The number of hydrogen-bond donors (Lipinski definition) is 0.